The first-order valence-corrected chi connectivity index (χ1v) is 6.26. The van der Waals surface area contributed by atoms with Crippen LogP contribution in [0.15, 0.2) is 42.6 Å². The number of anilines is 1. The van der Waals surface area contributed by atoms with Gasteiger partial charge in [0.1, 0.15) is 17.8 Å². The van der Waals surface area contributed by atoms with E-state index in [1.54, 1.807) is 13.2 Å². The van der Waals surface area contributed by atoms with Crippen LogP contribution in [0.1, 0.15) is 11.6 Å². The van der Waals surface area contributed by atoms with E-state index < -0.39 is 4.92 Å². The second kappa shape index (κ2) is 6.67. The second-order valence-electron chi connectivity index (χ2n) is 4.31. The molecular weight excluding hydrogens is 274 g/mol. The first kappa shape index (κ1) is 14.7. The van der Waals surface area contributed by atoms with Gasteiger partial charge in [-0.2, -0.15) is 0 Å². The fourth-order valence-electron chi connectivity index (χ4n) is 1.85. The molecule has 1 unspecified atom stereocenters. The van der Waals surface area contributed by atoms with Gasteiger partial charge in [-0.1, -0.05) is 12.1 Å². The third-order valence-corrected chi connectivity index (χ3v) is 2.96. The highest BCUT2D eigenvalue weighted by Gasteiger charge is 2.13. The van der Waals surface area contributed by atoms with E-state index in [0.29, 0.717) is 11.6 Å². The molecule has 2 N–H and O–H groups in total. The number of nitrogens with zero attached hydrogens (tertiary/aromatic N) is 2. The van der Waals surface area contributed by atoms with E-state index in [2.05, 4.69) is 10.3 Å². The fraction of sp³-hybridized carbons (Fsp3) is 0.214. The summed E-state index contributed by atoms with van der Waals surface area (Å²) < 4.78 is 5.14. The van der Waals surface area contributed by atoms with Crippen molar-refractivity contribution in [2.45, 2.75) is 6.04 Å². The van der Waals surface area contributed by atoms with Gasteiger partial charge in [0.05, 0.1) is 24.7 Å². The average molecular weight is 289 g/mol. The molecule has 21 heavy (non-hydrogen) atoms. The highest BCUT2D eigenvalue weighted by atomic mass is 16.6. The Labute approximate surface area is 121 Å². The van der Waals surface area contributed by atoms with Crippen LogP contribution in [-0.2, 0) is 0 Å². The zero-order valence-electron chi connectivity index (χ0n) is 11.4. The molecule has 1 heterocycles. The van der Waals surface area contributed by atoms with Crippen molar-refractivity contribution in [3.8, 4) is 5.75 Å². The first-order chi connectivity index (χ1) is 10.1. The standard InChI is InChI=1S/C14H15N3O4/c1-21-12-4-2-3-10(7-12)13(9-18)16-14-6-5-11(8-15-14)17(19)20/h2-8,13,18H,9H2,1H3,(H,15,16). The molecule has 0 aliphatic heterocycles. The highest BCUT2D eigenvalue weighted by Crippen LogP contribution is 2.22. The Hall–Kier alpha value is -2.67. The summed E-state index contributed by atoms with van der Waals surface area (Å²) in [5.74, 6) is 1.13. The van der Waals surface area contributed by atoms with Crippen LogP contribution in [0.4, 0.5) is 11.5 Å². The minimum atomic E-state index is -0.512. The van der Waals surface area contributed by atoms with Crippen LogP contribution in [0.25, 0.3) is 0 Å². The topological polar surface area (TPSA) is 97.5 Å². The normalized spacial score (nSPS) is 11.7. The van der Waals surface area contributed by atoms with E-state index >= 15 is 0 Å². The SMILES string of the molecule is COc1cccc(C(CO)Nc2ccc([N+](=O)[O-])cn2)c1. The van der Waals surface area contributed by atoms with Crippen LogP contribution in [0.3, 0.4) is 0 Å². The summed E-state index contributed by atoms with van der Waals surface area (Å²) in [5.41, 5.74) is 0.750. The molecule has 0 aliphatic rings. The summed E-state index contributed by atoms with van der Waals surface area (Å²) in [7, 11) is 1.57. The Morgan fingerprint density at radius 1 is 1.43 bits per heavy atom. The van der Waals surface area contributed by atoms with Crippen LogP contribution < -0.4 is 10.1 Å². The van der Waals surface area contributed by atoms with Gasteiger partial charge in [0, 0.05) is 6.07 Å². The largest absolute Gasteiger partial charge is 0.497 e. The van der Waals surface area contributed by atoms with Crippen LogP contribution >= 0.6 is 0 Å². The smallest absolute Gasteiger partial charge is 0.287 e. The number of ether oxygens (including phenoxy) is 1. The lowest BCUT2D eigenvalue weighted by molar-refractivity contribution is -0.385. The lowest BCUT2D eigenvalue weighted by Gasteiger charge is -2.17. The number of hydrogen-bond acceptors (Lipinski definition) is 6. The summed E-state index contributed by atoms with van der Waals surface area (Å²) in [6.07, 6.45) is 1.17. The molecule has 1 aromatic heterocycles. The van der Waals surface area contributed by atoms with Crippen molar-refractivity contribution >= 4 is 11.5 Å². The molecule has 0 saturated carbocycles. The number of benzene rings is 1. The number of methoxy groups -OCH3 is 1. The number of nitro groups is 1. The molecule has 1 aromatic carbocycles. The van der Waals surface area contributed by atoms with Gasteiger partial charge in [-0.05, 0) is 23.8 Å². The third kappa shape index (κ3) is 3.67. The molecule has 0 fully saturated rings. The summed E-state index contributed by atoms with van der Waals surface area (Å²) in [5, 5.41) is 23.1. The van der Waals surface area contributed by atoms with E-state index in [-0.39, 0.29) is 18.3 Å². The number of aliphatic hydroxyl groups excluding tert-OH is 1. The van der Waals surface area contributed by atoms with E-state index in [9.17, 15) is 15.2 Å². The molecule has 110 valence electrons. The van der Waals surface area contributed by atoms with Crippen LogP contribution in [0.2, 0.25) is 0 Å². The number of aliphatic hydroxyl groups is 1. The Morgan fingerprint density at radius 2 is 2.24 bits per heavy atom. The van der Waals surface area contributed by atoms with Crippen LogP contribution in [-0.4, -0.2) is 28.7 Å². The Morgan fingerprint density at radius 3 is 2.81 bits per heavy atom. The van der Waals surface area contributed by atoms with Gasteiger partial charge in [0.25, 0.3) is 5.69 Å². The Kier molecular flexibility index (Phi) is 4.68. The minimum absolute atomic E-state index is 0.0810. The Bertz CT molecular complexity index is 616. The highest BCUT2D eigenvalue weighted by molar-refractivity contribution is 5.43. The van der Waals surface area contributed by atoms with Gasteiger partial charge in [-0.25, -0.2) is 4.98 Å². The maximum atomic E-state index is 10.6. The predicted octanol–water partition coefficient (Wildman–Crippen LogP) is 2.14. The second-order valence-corrected chi connectivity index (χ2v) is 4.31. The van der Waals surface area contributed by atoms with Crippen molar-refractivity contribution in [2.24, 2.45) is 0 Å². The van der Waals surface area contributed by atoms with E-state index in [1.165, 1.54) is 18.3 Å². The van der Waals surface area contributed by atoms with Crippen LogP contribution in [0.5, 0.6) is 5.75 Å². The quantitative estimate of drug-likeness (QED) is 0.624. The van der Waals surface area contributed by atoms with Gasteiger partial charge < -0.3 is 15.2 Å². The van der Waals surface area contributed by atoms with Gasteiger partial charge in [0.2, 0.25) is 0 Å². The van der Waals surface area contributed by atoms with E-state index in [1.807, 2.05) is 18.2 Å². The number of nitrogens with one attached hydrogen (secondary N) is 1. The monoisotopic (exact) mass is 289 g/mol. The molecule has 2 rings (SSSR count). The predicted molar refractivity (Wildman–Crippen MR) is 77.3 cm³/mol. The molecule has 0 spiro atoms. The lowest BCUT2D eigenvalue weighted by atomic mass is 10.1. The van der Waals surface area contributed by atoms with Crippen molar-refractivity contribution in [3.63, 3.8) is 0 Å². The first-order valence-electron chi connectivity index (χ1n) is 6.26. The van der Waals surface area contributed by atoms with Gasteiger partial charge >= 0.3 is 0 Å². The number of pyridine rings is 1. The minimum Gasteiger partial charge on any atom is -0.497 e. The van der Waals surface area contributed by atoms with Crippen molar-refractivity contribution in [3.05, 3.63) is 58.3 Å². The Balaban J connectivity index is 2.16. The summed E-state index contributed by atoms with van der Waals surface area (Å²) in [4.78, 5) is 14.0. The molecule has 0 radical (unpaired) electrons. The maximum absolute atomic E-state index is 10.6. The molecule has 0 bridgehead atoms. The number of aromatic nitrogens is 1. The number of hydrogen-bond donors (Lipinski definition) is 2. The maximum Gasteiger partial charge on any atom is 0.287 e. The molecule has 7 nitrogen and oxygen atoms in total. The molecule has 2 aromatic rings. The number of rotatable bonds is 6. The third-order valence-electron chi connectivity index (χ3n) is 2.96. The van der Waals surface area contributed by atoms with Gasteiger partial charge in [-0.15, -0.1) is 0 Å². The van der Waals surface area contributed by atoms with Crippen LogP contribution in [0, 0.1) is 10.1 Å². The lowest BCUT2D eigenvalue weighted by Crippen LogP contribution is -2.15. The van der Waals surface area contributed by atoms with E-state index in [4.69, 9.17) is 4.74 Å². The summed E-state index contributed by atoms with van der Waals surface area (Å²) in [6, 6.07) is 9.76. The zero-order chi connectivity index (χ0) is 15.2. The fourth-order valence-corrected chi connectivity index (χ4v) is 1.85. The molecule has 0 aliphatic carbocycles. The molecule has 1 atom stereocenters. The molecular formula is C14H15N3O4. The molecule has 0 saturated heterocycles. The van der Waals surface area contributed by atoms with Crippen molar-refractivity contribution < 1.29 is 14.8 Å². The average Bonchev–Trinajstić information content (AvgIpc) is 2.53. The van der Waals surface area contributed by atoms with Gasteiger partial charge in [-0.3, -0.25) is 10.1 Å². The summed E-state index contributed by atoms with van der Waals surface area (Å²) >= 11 is 0. The molecule has 0 amide bonds. The van der Waals surface area contributed by atoms with Crippen molar-refractivity contribution in [1.82, 2.24) is 4.98 Å². The summed E-state index contributed by atoms with van der Waals surface area (Å²) in [6.45, 7) is -0.147. The zero-order valence-corrected chi connectivity index (χ0v) is 11.4. The van der Waals surface area contributed by atoms with Crippen molar-refractivity contribution in [2.75, 3.05) is 19.0 Å². The molecule has 7 heteroatoms. The van der Waals surface area contributed by atoms with E-state index in [0.717, 1.165) is 5.56 Å². The van der Waals surface area contributed by atoms with Crippen molar-refractivity contribution in [1.29, 1.82) is 0 Å². The van der Waals surface area contributed by atoms with Gasteiger partial charge in [0.15, 0.2) is 0 Å².